The van der Waals surface area contributed by atoms with E-state index in [2.05, 4.69) is 20.6 Å². The molecular formula is C14H17N5O. The number of nitrogens with zero attached hydrogens (tertiary/aromatic N) is 3. The molecule has 104 valence electrons. The minimum absolute atomic E-state index is 0.723. The van der Waals surface area contributed by atoms with Crippen molar-refractivity contribution in [3.63, 3.8) is 0 Å². The third-order valence-corrected chi connectivity index (χ3v) is 3.11. The molecule has 0 aliphatic heterocycles. The van der Waals surface area contributed by atoms with Gasteiger partial charge >= 0.3 is 0 Å². The summed E-state index contributed by atoms with van der Waals surface area (Å²) in [5.74, 6) is 1.71. The summed E-state index contributed by atoms with van der Waals surface area (Å²) in [7, 11) is 1.91. The summed E-state index contributed by atoms with van der Waals surface area (Å²) in [6.07, 6.45) is 5.68. The van der Waals surface area contributed by atoms with E-state index in [4.69, 9.17) is 4.42 Å². The molecule has 0 spiro atoms. The van der Waals surface area contributed by atoms with Crippen LogP contribution in [0.4, 0.5) is 0 Å². The SMILES string of the molecule is Cc1ccc(-c2[nH]ncc2CNCc2cnn(C)c2)o1. The Hall–Kier alpha value is -2.34. The van der Waals surface area contributed by atoms with Gasteiger partial charge in [-0.1, -0.05) is 0 Å². The van der Waals surface area contributed by atoms with E-state index in [0.717, 1.165) is 41.4 Å². The van der Waals surface area contributed by atoms with Gasteiger partial charge in [0.1, 0.15) is 11.5 Å². The number of aromatic amines is 1. The predicted molar refractivity (Wildman–Crippen MR) is 74.8 cm³/mol. The number of aromatic nitrogens is 4. The van der Waals surface area contributed by atoms with E-state index < -0.39 is 0 Å². The van der Waals surface area contributed by atoms with E-state index >= 15 is 0 Å². The van der Waals surface area contributed by atoms with Gasteiger partial charge in [0.15, 0.2) is 5.76 Å². The Balaban J connectivity index is 1.65. The monoisotopic (exact) mass is 271 g/mol. The Bertz CT molecular complexity index is 694. The molecule has 0 bridgehead atoms. The van der Waals surface area contributed by atoms with Crippen LogP contribution in [0, 0.1) is 6.92 Å². The van der Waals surface area contributed by atoms with Crippen LogP contribution in [0.1, 0.15) is 16.9 Å². The number of furan rings is 1. The van der Waals surface area contributed by atoms with Crippen molar-refractivity contribution in [2.45, 2.75) is 20.0 Å². The molecule has 0 atom stereocenters. The average molecular weight is 271 g/mol. The lowest BCUT2D eigenvalue weighted by Crippen LogP contribution is -2.12. The predicted octanol–water partition coefficient (Wildman–Crippen LogP) is 2.00. The molecule has 0 amide bonds. The van der Waals surface area contributed by atoms with Crippen molar-refractivity contribution in [2.75, 3.05) is 0 Å². The summed E-state index contributed by atoms with van der Waals surface area (Å²) in [4.78, 5) is 0. The van der Waals surface area contributed by atoms with Gasteiger partial charge in [-0.05, 0) is 19.1 Å². The zero-order valence-electron chi connectivity index (χ0n) is 11.6. The lowest BCUT2D eigenvalue weighted by molar-refractivity contribution is 0.545. The number of hydrogen-bond donors (Lipinski definition) is 2. The summed E-state index contributed by atoms with van der Waals surface area (Å²) in [5, 5.41) is 14.6. The fraction of sp³-hybridized carbons (Fsp3) is 0.286. The molecule has 6 nitrogen and oxygen atoms in total. The minimum atomic E-state index is 0.723. The van der Waals surface area contributed by atoms with Crippen LogP contribution in [0.2, 0.25) is 0 Å². The molecule has 0 aliphatic rings. The molecule has 0 fully saturated rings. The molecule has 6 heteroatoms. The maximum atomic E-state index is 5.62. The first kappa shape index (κ1) is 12.7. The lowest BCUT2D eigenvalue weighted by Gasteiger charge is -2.03. The average Bonchev–Trinajstić information content (AvgIpc) is 3.11. The standard InChI is InChI=1S/C14H17N5O/c1-10-3-4-13(20-10)14-12(8-16-18-14)7-15-5-11-6-17-19(2)9-11/h3-4,6,8-9,15H,5,7H2,1-2H3,(H,16,18). The highest BCUT2D eigenvalue weighted by Gasteiger charge is 2.10. The normalized spacial score (nSPS) is 11.1. The Morgan fingerprint density at radius 1 is 1.30 bits per heavy atom. The van der Waals surface area contributed by atoms with Crippen molar-refractivity contribution < 1.29 is 4.42 Å². The van der Waals surface area contributed by atoms with Crippen molar-refractivity contribution in [1.82, 2.24) is 25.3 Å². The second kappa shape index (κ2) is 5.34. The van der Waals surface area contributed by atoms with Crippen LogP contribution >= 0.6 is 0 Å². The quantitative estimate of drug-likeness (QED) is 0.744. The molecule has 3 heterocycles. The molecule has 0 unspecified atom stereocenters. The summed E-state index contributed by atoms with van der Waals surface area (Å²) >= 11 is 0. The van der Waals surface area contributed by atoms with Crippen molar-refractivity contribution in [3.8, 4) is 11.5 Å². The lowest BCUT2D eigenvalue weighted by atomic mass is 10.2. The summed E-state index contributed by atoms with van der Waals surface area (Å²) in [6.45, 7) is 3.43. The van der Waals surface area contributed by atoms with E-state index in [0.29, 0.717) is 0 Å². The maximum Gasteiger partial charge on any atom is 0.152 e. The highest BCUT2D eigenvalue weighted by Crippen LogP contribution is 2.23. The summed E-state index contributed by atoms with van der Waals surface area (Å²) < 4.78 is 7.42. The Labute approximate surface area is 116 Å². The van der Waals surface area contributed by atoms with Crippen molar-refractivity contribution >= 4 is 0 Å². The van der Waals surface area contributed by atoms with Crippen LogP contribution in [-0.4, -0.2) is 20.0 Å². The van der Waals surface area contributed by atoms with E-state index in [-0.39, 0.29) is 0 Å². The number of H-pyrrole nitrogens is 1. The Morgan fingerprint density at radius 3 is 2.90 bits per heavy atom. The zero-order valence-corrected chi connectivity index (χ0v) is 11.6. The molecule has 3 aromatic rings. The number of rotatable bonds is 5. The third kappa shape index (κ3) is 2.65. The van der Waals surface area contributed by atoms with Crippen molar-refractivity contribution in [2.24, 2.45) is 7.05 Å². The molecule has 0 saturated heterocycles. The highest BCUT2D eigenvalue weighted by atomic mass is 16.3. The van der Waals surface area contributed by atoms with Crippen LogP contribution in [0.5, 0.6) is 0 Å². The van der Waals surface area contributed by atoms with Crippen LogP contribution in [0.15, 0.2) is 35.1 Å². The fourth-order valence-electron chi connectivity index (χ4n) is 2.13. The van der Waals surface area contributed by atoms with Crippen LogP contribution < -0.4 is 5.32 Å². The maximum absolute atomic E-state index is 5.62. The van der Waals surface area contributed by atoms with Gasteiger partial charge in [-0.3, -0.25) is 9.78 Å². The van der Waals surface area contributed by atoms with Crippen LogP contribution in [-0.2, 0) is 20.1 Å². The van der Waals surface area contributed by atoms with Crippen LogP contribution in [0.3, 0.4) is 0 Å². The molecular weight excluding hydrogens is 254 g/mol. The van der Waals surface area contributed by atoms with Crippen LogP contribution in [0.25, 0.3) is 11.5 Å². The van der Waals surface area contributed by atoms with Gasteiger partial charge in [0.05, 0.1) is 12.4 Å². The number of hydrogen-bond acceptors (Lipinski definition) is 4. The number of aryl methyl sites for hydroxylation is 2. The molecule has 3 aromatic heterocycles. The van der Waals surface area contributed by atoms with Gasteiger partial charge in [-0.2, -0.15) is 10.2 Å². The van der Waals surface area contributed by atoms with Gasteiger partial charge in [-0.15, -0.1) is 0 Å². The Morgan fingerprint density at radius 2 is 2.20 bits per heavy atom. The van der Waals surface area contributed by atoms with E-state index in [1.54, 1.807) is 4.68 Å². The second-order valence-electron chi connectivity index (χ2n) is 4.81. The van der Waals surface area contributed by atoms with Gasteiger partial charge in [0.25, 0.3) is 0 Å². The fourth-order valence-corrected chi connectivity index (χ4v) is 2.13. The second-order valence-corrected chi connectivity index (χ2v) is 4.81. The first-order valence-electron chi connectivity index (χ1n) is 6.49. The zero-order chi connectivity index (χ0) is 13.9. The minimum Gasteiger partial charge on any atom is -0.460 e. The van der Waals surface area contributed by atoms with Gasteiger partial charge in [0, 0.05) is 37.5 Å². The first-order valence-corrected chi connectivity index (χ1v) is 6.49. The highest BCUT2D eigenvalue weighted by molar-refractivity contribution is 5.56. The van der Waals surface area contributed by atoms with E-state index in [9.17, 15) is 0 Å². The third-order valence-electron chi connectivity index (χ3n) is 3.11. The van der Waals surface area contributed by atoms with Crippen molar-refractivity contribution in [3.05, 3.63) is 47.6 Å². The molecule has 0 aromatic carbocycles. The van der Waals surface area contributed by atoms with E-state index in [1.165, 1.54) is 0 Å². The molecule has 0 radical (unpaired) electrons. The largest absolute Gasteiger partial charge is 0.460 e. The van der Waals surface area contributed by atoms with Gasteiger partial charge in [0.2, 0.25) is 0 Å². The van der Waals surface area contributed by atoms with Gasteiger partial charge < -0.3 is 9.73 Å². The topological polar surface area (TPSA) is 71.7 Å². The Kier molecular flexibility index (Phi) is 3.39. The summed E-state index contributed by atoms with van der Waals surface area (Å²) in [6, 6.07) is 3.90. The number of nitrogens with one attached hydrogen (secondary N) is 2. The molecule has 0 aliphatic carbocycles. The van der Waals surface area contributed by atoms with E-state index in [1.807, 2.05) is 44.7 Å². The van der Waals surface area contributed by atoms with Crippen molar-refractivity contribution in [1.29, 1.82) is 0 Å². The molecule has 20 heavy (non-hydrogen) atoms. The molecule has 2 N–H and O–H groups in total. The molecule has 0 saturated carbocycles. The molecule has 3 rings (SSSR count). The smallest absolute Gasteiger partial charge is 0.152 e. The first-order chi connectivity index (χ1) is 9.72. The van der Waals surface area contributed by atoms with Gasteiger partial charge in [-0.25, -0.2) is 0 Å². The summed E-state index contributed by atoms with van der Waals surface area (Å²) in [5.41, 5.74) is 3.17.